The van der Waals surface area contributed by atoms with Crippen LogP contribution in [0.1, 0.15) is 34.8 Å². The highest BCUT2D eigenvalue weighted by Crippen LogP contribution is 2.28. The van der Waals surface area contributed by atoms with Crippen molar-refractivity contribution in [3.05, 3.63) is 83.4 Å². The molecule has 3 aromatic rings. The van der Waals surface area contributed by atoms with E-state index < -0.39 is 17.8 Å². The second-order valence-electron chi connectivity index (χ2n) is 7.69. The molecule has 0 unspecified atom stereocenters. The molecule has 0 aliphatic heterocycles. The normalized spacial score (nSPS) is 10.5. The average molecular weight is 490 g/mol. The van der Waals surface area contributed by atoms with Crippen LogP contribution in [0.2, 0.25) is 0 Å². The number of esters is 1. The number of amides is 2. The maximum atomic E-state index is 12.5. The second kappa shape index (κ2) is 12.7. The van der Waals surface area contributed by atoms with E-state index in [1.165, 1.54) is 13.3 Å². The molecule has 0 atom stereocenters. The number of methoxy groups -OCH3 is 1. The van der Waals surface area contributed by atoms with Gasteiger partial charge in [0.1, 0.15) is 5.75 Å². The van der Waals surface area contributed by atoms with Crippen LogP contribution in [-0.2, 0) is 9.59 Å². The van der Waals surface area contributed by atoms with E-state index in [1.807, 2.05) is 26.0 Å². The molecule has 9 heteroatoms. The number of hydrogen-bond donors (Lipinski definition) is 2. The van der Waals surface area contributed by atoms with Crippen molar-refractivity contribution in [1.29, 1.82) is 0 Å². The molecule has 9 nitrogen and oxygen atoms in total. The van der Waals surface area contributed by atoms with Gasteiger partial charge in [-0.2, -0.15) is 5.10 Å². The number of carbonyl (C=O) groups is 3. The predicted molar refractivity (Wildman–Crippen MR) is 136 cm³/mol. The Hall–Kier alpha value is -4.66. The molecule has 3 rings (SSSR count). The minimum absolute atomic E-state index is 0.215. The van der Waals surface area contributed by atoms with Gasteiger partial charge in [-0.25, -0.2) is 10.2 Å². The van der Waals surface area contributed by atoms with Crippen molar-refractivity contribution in [2.45, 2.75) is 20.3 Å². The van der Waals surface area contributed by atoms with Crippen LogP contribution >= 0.6 is 0 Å². The summed E-state index contributed by atoms with van der Waals surface area (Å²) in [6, 6.07) is 18.4. The summed E-state index contributed by atoms with van der Waals surface area (Å²) >= 11 is 0. The molecule has 0 heterocycles. The number of anilines is 1. The number of hydrogen-bond acceptors (Lipinski definition) is 7. The lowest BCUT2D eigenvalue weighted by Crippen LogP contribution is -2.32. The van der Waals surface area contributed by atoms with Gasteiger partial charge in [0.2, 0.25) is 0 Å². The number of carbonyl (C=O) groups excluding carboxylic acids is 3. The van der Waals surface area contributed by atoms with Crippen molar-refractivity contribution >= 4 is 29.7 Å². The Morgan fingerprint density at radius 1 is 0.917 bits per heavy atom. The highest BCUT2D eigenvalue weighted by molar-refractivity contribution is 6.39. The van der Waals surface area contributed by atoms with Gasteiger partial charge in [-0.15, -0.1) is 0 Å². The molecule has 3 aromatic carbocycles. The maximum absolute atomic E-state index is 12.5. The standard InChI is InChI=1S/C27H27N3O6/c1-4-15-35-22-12-8-20(9-13-22)27(33)36-23-14-7-19(16-24(23)34-3)17-28-30-26(32)25(31)29-21-10-5-18(2)6-11-21/h5-14,16-17H,4,15H2,1-3H3,(H,29,31)(H,30,32)/b28-17-. The Labute approximate surface area is 209 Å². The van der Waals surface area contributed by atoms with E-state index in [0.717, 1.165) is 12.0 Å². The summed E-state index contributed by atoms with van der Waals surface area (Å²) in [4.78, 5) is 36.5. The van der Waals surface area contributed by atoms with Crippen molar-refractivity contribution in [3.63, 3.8) is 0 Å². The van der Waals surface area contributed by atoms with E-state index in [0.29, 0.717) is 34.9 Å². The summed E-state index contributed by atoms with van der Waals surface area (Å²) < 4.78 is 16.3. The van der Waals surface area contributed by atoms with Crippen LogP contribution in [0.25, 0.3) is 0 Å². The number of rotatable bonds is 9. The maximum Gasteiger partial charge on any atom is 0.343 e. The number of ether oxygens (including phenoxy) is 3. The number of nitrogens with zero attached hydrogens (tertiary/aromatic N) is 1. The molecular formula is C27H27N3O6. The monoisotopic (exact) mass is 489 g/mol. The van der Waals surface area contributed by atoms with E-state index in [2.05, 4.69) is 15.8 Å². The lowest BCUT2D eigenvalue weighted by molar-refractivity contribution is -0.136. The Morgan fingerprint density at radius 2 is 1.64 bits per heavy atom. The molecule has 0 bridgehead atoms. The van der Waals surface area contributed by atoms with Gasteiger partial charge in [0, 0.05) is 5.69 Å². The van der Waals surface area contributed by atoms with Gasteiger partial charge in [-0.1, -0.05) is 24.6 Å². The van der Waals surface area contributed by atoms with Crippen molar-refractivity contribution < 1.29 is 28.6 Å². The zero-order valence-corrected chi connectivity index (χ0v) is 20.2. The van der Waals surface area contributed by atoms with Gasteiger partial charge in [-0.3, -0.25) is 9.59 Å². The van der Waals surface area contributed by atoms with Gasteiger partial charge in [0.05, 0.1) is 25.5 Å². The first-order valence-electron chi connectivity index (χ1n) is 11.2. The third kappa shape index (κ3) is 7.42. The molecule has 0 aliphatic rings. The molecule has 0 saturated heterocycles. The van der Waals surface area contributed by atoms with E-state index in [1.54, 1.807) is 54.6 Å². The van der Waals surface area contributed by atoms with Crippen molar-refractivity contribution in [3.8, 4) is 17.2 Å². The zero-order valence-electron chi connectivity index (χ0n) is 20.2. The summed E-state index contributed by atoms with van der Waals surface area (Å²) in [5, 5.41) is 6.29. The van der Waals surface area contributed by atoms with E-state index in [4.69, 9.17) is 14.2 Å². The average Bonchev–Trinajstić information content (AvgIpc) is 2.89. The first-order chi connectivity index (χ1) is 17.4. The predicted octanol–water partition coefficient (Wildman–Crippen LogP) is 4.10. The van der Waals surface area contributed by atoms with Gasteiger partial charge in [0.15, 0.2) is 11.5 Å². The first kappa shape index (κ1) is 26.0. The van der Waals surface area contributed by atoms with Crippen LogP contribution in [0.4, 0.5) is 5.69 Å². The largest absolute Gasteiger partial charge is 0.494 e. The number of nitrogens with one attached hydrogen (secondary N) is 2. The lowest BCUT2D eigenvalue weighted by atomic mass is 10.2. The van der Waals surface area contributed by atoms with Crippen LogP contribution in [0, 0.1) is 6.92 Å². The van der Waals surface area contributed by atoms with Crippen LogP contribution in [0.15, 0.2) is 71.8 Å². The SMILES string of the molecule is CCCOc1ccc(C(=O)Oc2ccc(/C=N\NC(=O)C(=O)Nc3ccc(C)cc3)cc2OC)cc1. The van der Waals surface area contributed by atoms with Crippen LogP contribution in [0.5, 0.6) is 17.2 Å². The molecule has 0 aromatic heterocycles. The number of benzene rings is 3. The van der Waals surface area contributed by atoms with Crippen molar-refractivity contribution in [1.82, 2.24) is 5.43 Å². The van der Waals surface area contributed by atoms with E-state index >= 15 is 0 Å². The molecule has 0 spiro atoms. The fourth-order valence-electron chi connectivity index (χ4n) is 2.96. The molecule has 2 N–H and O–H groups in total. The Balaban J connectivity index is 1.57. The quantitative estimate of drug-likeness (QED) is 0.154. The van der Waals surface area contributed by atoms with Gasteiger partial charge in [0.25, 0.3) is 0 Å². The Morgan fingerprint density at radius 3 is 2.31 bits per heavy atom. The van der Waals surface area contributed by atoms with Gasteiger partial charge >= 0.3 is 17.8 Å². The lowest BCUT2D eigenvalue weighted by Gasteiger charge is -2.10. The second-order valence-corrected chi connectivity index (χ2v) is 7.69. The molecule has 186 valence electrons. The minimum atomic E-state index is -0.921. The zero-order chi connectivity index (χ0) is 25.9. The smallest absolute Gasteiger partial charge is 0.343 e. The van der Waals surface area contributed by atoms with Crippen molar-refractivity contribution in [2.24, 2.45) is 5.10 Å². The number of hydrazone groups is 1. The highest BCUT2D eigenvalue weighted by Gasteiger charge is 2.14. The van der Waals surface area contributed by atoms with E-state index in [-0.39, 0.29) is 5.75 Å². The van der Waals surface area contributed by atoms with E-state index in [9.17, 15) is 14.4 Å². The molecule has 0 saturated carbocycles. The summed E-state index contributed by atoms with van der Waals surface area (Å²) in [6.07, 6.45) is 2.22. The van der Waals surface area contributed by atoms with Crippen LogP contribution < -0.4 is 25.0 Å². The summed E-state index contributed by atoms with van der Waals surface area (Å²) in [5.74, 6) is -1.14. The third-order valence-corrected chi connectivity index (χ3v) is 4.85. The van der Waals surface area contributed by atoms with Crippen LogP contribution in [-0.4, -0.2) is 37.7 Å². The Kier molecular flexibility index (Phi) is 9.16. The molecule has 2 amide bonds. The minimum Gasteiger partial charge on any atom is -0.494 e. The molecule has 0 aliphatic carbocycles. The molecule has 0 fully saturated rings. The Bertz CT molecular complexity index is 1240. The fourth-order valence-corrected chi connectivity index (χ4v) is 2.96. The third-order valence-electron chi connectivity index (χ3n) is 4.85. The molecular weight excluding hydrogens is 462 g/mol. The summed E-state index contributed by atoms with van der Waals surface area (Å²) in [5.41, 5.74) is 4.60. The fraction of sp³-hybridized carbons (Fsp3) is 0.185. The summed E-state index contributed by atoms with van der Waals surface area (Å²) in [6.45, 7) is 4.53. The molecule has 36 heavy (non-hydrogen) atoms. The highest BCUT2D eigenvalue weighted by atomic mass is 16.6. The van der Waals surface area contributed by atoms with Gasteiger partial charge < -0.3 is 19.5 Å². The topological polar surface area (TPSA) is 115 Å². The van der Waals surface area contributed by atoms with Crippen molar-refractivity contribution in [2.75, 3.05) is 19.0 Å². The summed E-state index contributed by atoms with van der Waals surface area (Å²) in [7, 11) is 1.44. The molecule has 0 radical (unpaired) electrons. The van der Waals surface area contributed by atoms with Gasteiger partial charge in [-0.05, 0) is 73.5 Å². The van der Waals surface area contributed by atoms with Crippen LogP contribution in [0.3, 0.4) is 0 Å². The number of aryl methyl sites for hydroxylation is 1. The first-order valence-corrected chi connectivity index (χ1v) is 11.2.